The number of nitrogens with two attached hydrogens (primary N) is 1. The smallest absolute Gasteiger partial charge is 0.245 e. The van der Waals surface area contributed by atoms with Gasteiger partial charge in [-0.2, -0.15) is 0 Å². The van der Waals surface area contributed by atoms with Gasteiger partial charge in [-0.1, -0.05) is 42.0 Å². The number of aliphatic hydroxyl groups excluding tert-OH is 1. The molecule has 0 aliphatic carbocycles. The number of benzene rings is 2. The van der Waals surface area contributed by atoms with Gasteiger partial charge in [0.05, 0.1) is 0 Å². The van der Waals surface area contributed by atoms with Crippen molar-refractivity contribution >= 4 is 11.6 Å². The van der Waals surface area contributed by atoms with Gasteiger partial charge in [0.1, 0.15) is 6.04 Å². The minimum Gasteiger partial charge on any atom is -0.396 e. The summed E-state index contributed by atoms with van der Waals surface area (Å²) in [5.41, 5.74) is 9.61. The molecule has 1 unspecified atom stereocenters. The lowest BCUT2D eigenvalue weighted by atomic mass is 10.1. The second-order valence-corrected chi connectivity index (χ2v) is 5.05. The Bertz CT molecular complexity index is 591. The summed E-state index contributed by atoms with van der Waals surface area (Å²) >= 11 is 0. The lowest BCUT2D eigenvalue weighted by Gasteiger charge is -2.13. The van der Waals surface area contributed by atoms with Crippen molar-refractivity contribution in [2.24, 2.45) is 5.73 Å². The summed E-state index contributed by atoms with van der Waals surface area (Å²) in [4.78, 5) is 12.1. The molecule has 1 amide bonds. The molecule has 4 nitrogen and oxygen atoms in total. The summed E-state index contributed by atoms with van der Waals surface area (Å²) in [6, 6.07) is 14.3. The average Bonchev–Trinajstić information content (AvgIpc) is 2.49. The van der Waals surface area contributed by atoms with E-state index in [1.165, 1.54) is 0 Å². The number of hydrogen-bond acceptors (Lipinski definition) is 3. The van der Waals surface area contributed by atoms with Crippen LogP contribution in [0.25, 0.3) is 0 Å². The monoisotopic (exact) mass is 284 g/mol. The molecule has 2 aromatic rings. The molecule has 0 fully saturated rings. The molecule has 2 rings (SSSR count). The molecule has 0 heterocycles. The fourth-order valence-electron chi connectivity index (χ4n) is 2.03. The van der Waals surface area contributed by atoms with E-state index in [1.54, 1.807) is 0 Å². The van der Waals surface area contributed by atoms with Crippen LogP contribution in [0.2, 0.25) is 0 Å². The fourth-order valence-corrected chi connectivity index (χ4v) is 2.03. The molecule has 0 bridgehead atoms. The quantitative estimate of drug-likeness (QED) is 0.787. The predicted octanol–water partition coefficient (Wildman–Crippen LogP) is 2.17. The zero-order valence-electron chi connectivity index (χ0n) is 12.0. The summed E-state index contributed by atoms with van der Waals surface area (Å²) in [6.45, 7) is 2.10. The Morgan fingerprint density at radius 2 is 1.76 bits per heavy atom. The second-order valence-electron chi connectivity index (χ2n) is 5.05. The molecule has 110 valence electrons. The van der Waals surface area contributed by atoms with Crippen LogP contribution in [0.1, 0.15) is 22.7 Å². The summed E-state index contributed by atoms with van der Waals surface area (Å²) < 4.78 is 0. The molecule has 0 saturated carbocycles. The largest absolute Gasteiger partial charge is 0.396 e. The molecule has 2 aromatic carbocycles. The maximum absolute atomic E-state index is 12.1. The second kappa shape index (κ2) is 7.02. The normalized spacial score (nSPS) is 12.0. The first kappa shape index (κ1) is 15.2. The highest BCUT2D eigenvalue weighted by atomic mass is 16.2. The predicted molar refractivity (Wildman–Crippen MR) is 84.0 cm³/mol. The highest BCUT2D eigenvalue weighted by molar-refractivity contribution is 5.95. The number of hydrogen-bond donors (Lipinski definition) is 3. The van der Waals surface area contributed by atoms with Crippen molar-refractivity contribution < 1.29 is 9.90 Å². The lowest BCUT2D eigenvalue weighted by Crippen LogP contribution is -2.27. The molecule has 0 aliphatic heterocycles. The number of anilines is 1. The maximum Gasteiger partial charge on any atom is 0.245 e. The molecular formula is C17H20N2O2. The van der Waals surface area contributed by atoms with Crippen molar-refractivity contribution in [1.29, 1.82) is 0 Å². The molecule has 0 aliphatic rings. The van der Waals surface area contributed by atoms with Gasteiger partial charge in [-0.3, -0.25) is 4.79 Å². The lowest BCUT2D eigenvalue weighted by molar-refractivity contribution is -0.117. The van der Waals surface area contributed by atoms with E-state index in [2.05, 4.69) is 5.32 Å². The molecule has 0 aromatic heterocycles. The first-order valence-electron chi connectivity index (χ1n) is 6.93. The van der Waals surface area contributed by atoms with Gasteiger partial charge in [-0.25, -0.2) is 0 Å². The van der Waals surface area contributed by atoms with Crippen LogP contribution in [0.15, 0.2) is 48.5 Å². The van der Waals surface area contributed by atoms with Gasteiger partial charge in [0, 0.05) is 12.3 Å². The molecule has 4 heteroatoms. The van der Waals surface area contributed by atoms with E-state index in [0.717, 1.165) is 16.7 Å². The summed E-state index contributed by atoms with van der Waals surface area (Å²) in [5, 5.41) is 11.7. The maximum atomic E-state index is 12.1. The molecule has 0 spiro atoms. The third kappa shape index (κ3) is 4.15. The first-order chi connectivity index (χ1) is 10.1. The Morgan fingerprint density at radius 3 is 2.33 bits per heavy atom. The van der Waals surface area contributed by atoms with Crippen LogP contribution in [-0.4, -0.2) is 17.6 Å². The standard InChI is InChI=1S/C17H20N2O2/c1-12-2-6-14(7-3-12)16(18)17(21)19-15-8-4-13(5-9-15)10-11-20/h2-9,16,20H,10-11,18H2,1H3,(H,19,21). The summed E-state index contributed by atoms with van der Waals surface area (Å²) in [6.07, 6.45) is 0.608. The van der Waals surface area contributed by atoms with Crippen LogP contribution in [-0.2, 0) is 11.2 Å². The van der Waals surface area contributed by atoms with Gasteiger partial charge in [-0.05, 0) is 36.6 Å². The SMILES string of the molecule is Cc1ccc(C(N)C(=O)Nc2ccc(CCO)cc2)cc1. The number of aryl methyl sites for hydroxylation is 1. The van der Waals surface area contributed by atoms with Gasteiger partial charge in [0.15, 0.2) is 0 Å². The molecule has 0 radical (unpaired) electrons. The zero-order valence-corrected chi connectivity index (χ0v) is 12.0. The van der Waals surface area contributed by atoms with Crippen LogP contribution in [0.3, 0.4) is 0 Å². The number of carbonyl (C=O) groups excluding carboxylic acids is 1. The van der Waals surface area contributed by atoms with E-state index in [-0.39, 0.29) is 12.5 Å². The van der Waals surface area contributed by atoms with Crippen molar-refractivity contribution in [2.75, 3.05) is 11.9 Å². The van der Waals surface area contributed by atoms with E-state index in [0.29, 0.717) is 12.1 Å². The molecule has 1 atom stereocenters. The fraction of sp³-hybridized carbons (Fsp3) is 0.235. The topological polar surface area (TPSA) is 75.4 Å². The third-order valence-corrected chi connectivity index (χ3v) is 3.34. The Labute approximate surface area is 124 Å². The summed E-state index contributed by atoms with van der Waals surface area (Å²) in [5.74, 6) is -0.242. The van der Waals surface area contributed by atoms with Crippen molar-refractivity contribution in [2.45, 2.75) is 19.4 Å². The van der Waals surface area contributed by atoms with E-state index in [9.17, 15) is 4.79 Å². The third-order valence-electron chi connectivity index (χ3n) is 3.34. The minimum atomic E-state index is -0.692. The Morgan fingerprint density at radius 1 is 1.14 bits per heavy atom. The van der Waals surface area contributed by atoms with E-state index >= 15 is 0 Å². The molecule has 4 N–H and O–H groups in total. The van der Waals surface area contributed by atoms with E-state index < -0.39 is 6.04 Å². The highest BCUT2D eigenvalue weighted by Crippen LogP contribution is 2.15. The number of nitrogens with one attached hydrogen (secondary N) is 1. The Hall–Kier alpha value is -2.17. The minimum absolute atomic E-state index is 0.115. The van der Waals surface area contributed by atoms with Gasteiger partial charge in [-0.15, -0.1) is 0 Å². The Kier molecular flexibility index (Phi) is 5.09. The average molecular weight is 284 g/mol. The summed E-state index contributed by atoms with van der Waals surface area (Å²) in [7, 11) is 0. The van der Waals surface area contributed by atoms with Crippen LogP contribution in [0.5, 0.6) is 0 Å². The number of rotatable bonds is 5. The van der Waals surface area contributed by atoms with Crippen LogP contribution < -0.4 is 11.1 Å². The van der Waals surface area contributed by atoms with Crippen molar-refractivity contribution in [1.82, 2.24) is 0 Å². The van der Waals surface area contributed by atoms with E-state index in [1.807, 2.05) is 55.5 Å². The van der Waals surface area contributed by atoms with Gasteiger partial charge >= 0.3 is 0 Å². The van der Waals surface area contributed by atoms with Crippen molar-refractivity contribution in [3.05, 3.63) is 65.2 Å². The van der Waals surface area contributed by atoms with Gasteiger partial charge in [0.25, 0.3) is 0 Å². The molecular weight excluding hydrogens is 264 g/mol. The van der Waals surface area contributed by atoms with E-state index in [4.69, 9.17) is 10.8 Å². The van der Waals surface area contributed by atoms with Crippen molar-refractivity contribution in [3.8, 4) is 0 Å². The number of amides is 1. The van der Waals surface area contributed by atoms with Gasteiger partial charge in [0.2, 0.25) is 5.91 Å². The number of aliphatic hydroxyl groups is 1. The van der Waals surface area contributed by atoms with Crippen LogP contribution >= 0.6 is 0 Å². The van der Waals surface area contributed by atoms with Crippen molar-refractivity contribution in [3.63, 3.8) is 0 Å². The number of carbonyl (C=O) groups is 1. The Balaban J connectivity index is 2.01. The highest BCUT2D eigenvalue weighted by Gasteiger charge is 2.15. The zero-order chi connectivity index (χ0) is 15.2. The van der Waals surface area contributed by atoms with Gasteiger partial charge < -0.3 is 16.2 Å². The first-order valence-corrected chi connectivity index (χ1v) is 6.93. The van der Waals surface area contributed by atoms with Crippen LogP contribution in [0, 0.1) is 6.92 Å². The molecule has 21 heavy (non-hydrogen) atoms. The van der Waals surface area contributed by atoms with Crippen LogP contribution in [0.4, 0.5) is 5.69 Å². The molecule has 0 saturated heterocycles.